The molecule has 3 aromatic heterocycles. The molecule has 0 atom stereocenters. The predicted octanol–water partition coefficient (Wildman–Crippen LogP) is 1.20. The third kappa shape index (κ3) is 2.03. The Morgan fingerprint density at radius 3 is 2.68 bits per heavy atom. The SMILES string of the molecule is Cc1ccc(-c2ccc3nc(C(N)=O)cn3c2)nn1. The Bertz CT molecular complexity index is 760. The molecule has 3 rings (SSSR count). The quantitative estimate of drug-likeness (QED) is 0.743. The number of nitrogens with zero attached hydrogens (tertiary/aromatic N) is 4. The molecule has 19 heavy (non-hydrogen) atoms. The number of aromatic nitrogens is 4. The van der Waals surface area contributed by atoms with Crippen molar-refractivity contribution in [3.05, 3.63) is 48.0 Å². The molecule has 0 unspecified atom stereocenters. The van der Waals surface area contributed by atoms with Crippen LogP contribution < -0.4 is 5.73 Å². The van der Waals surface area contributed by atoms with Crippen LogP contribution in [0, 0.1) is 6.92 Å². The van der Waals surface area contributed by atoms with Crippen molar-refractivity contribution in [1.29, 1.82) is 0 Å². The highest BCUT2D eigenvalue weighted by Crippen LogP contribution is 2.17. The first kappa shape index (κ1) is 11.3. The van der Waals surface area contributed by atoms with Crippen LogP contribution in [0.2, 0.25) is 0 Å². The largest absolute Gasteiger partial charge is 0.364 e. The molecule has 0 spiro atoms. The minimum Gasteiger partial charge on any atom is -0.364 e. The number of imidazole rings is 1. The van der Waals surface area contributed by atoms with E-state index in [0.29, 0.717) is 5.65 Å². The van der Waals surface area contributed by atoms with Crippen LogP contribution in [0.1, 0.15) is 16.2 Å². The Labute approximate surface area is 108 Å². The zero-order valence-corrected chi connectivity index (χ0v) is 10.2. The summed E-state index contributed by atoms with van der Waals surface area (Å²) in [5.74, 6) is -0.541. The van der Waals surface area contributed by atoms with Gasteiger partial charge >= 0.3 is 0 Å². The maximum absolute atomic E-state index is 11.1. The number of primary amides is 1. The molecule has 0 saturated heterocycles. The highest BCUT2D eigenvalue weighted by atomic mass is 16.1. The summed E-state index contributed by atoms with van der Waals surface area (Å²) in [5, 5.41) is 8.14. The number of carbonyl (C=O) groups is 1. The Kier molecular flexibility index (Phi) is 2.49. The molecular formula is C13H11N5O. The van der Waals surface area contributed by atoms with Gasteiger partial charge in [-0.05, 0) is 31.2 Å². The number of hydrogen-bond acceptors (Lipinski definition) is 4. The molecule has 2 N–H and O–H groups in total. The predicted molar refractivity (Wildman–Crippen MR) is 69.5 cm³/mol. The van der Waals surface area contributed by atoms with E-state index in [1.54, 1.807) is 10.6 Å². The van der Waals surface area contributed by atoms with Gasteiger partial charge in [-0.15, -0.1) is 0 Å². The van der Waals surface area contributed by atoms with E-state index in [4.69, 9.17) is 5.73 Å². The average Bonchev–Trinajstić information content (AvgIpc) is 2.82. The lowest BCUT2D eigenvalue weighted by Gasteiger charge is -2.01. The van der Waals surface area contributed by atoms with Crippen LogP contribution in [-0.2, 0) is 0 Å². The van der Waals surface area contributed by atoms with Gasteiger partial charge in [0.2, 0.25) is 0 Å². The summed E-state index contributed by atoms with van der Waals surface area (Å²) in [5.41, 5.74) is 8.64. The smallest absolute Gasteiger partial charge is 0.268 e. The summed E-state index contributed by atoms with van der Waals surface area (Å²) in [6.45, 7) is 1.88. The van der Waals surface area contributed by atoms with E-state index in [2.05, 4.69) is 15.2 Å². The fraction of sp³-hybridized carbons (Fsp3) is 0.0769. The minimum atomic E-state index is -0.541. The fourth-order valence-electron chi connectivity index (χ4n) is 1.81. The van der Waals surface area contributed by atoms with Crippen LogP contribution in [0.25, 0.3) is 16.9 Å². The summed E-state index contributed by atoms with van der Waals surface area (Å²) in [6, 6.07) is 7.49. The van der Waals surface area contributed by atoms with Crippen molar-refractivity contribution < 1.29 is 4.79 Å². The van der Waals surface area contributed by atoms with Gasteiger partial charge in [-0.25, -0.2) is 4.98 Å². The number of aryl methyl sites for hydroxylation is 1. The summed E-state index contributed by atoms with van der Waals surface area (Å²) in [6.07, 6.45) is 3.44. The standard InChI is InChI=1S/C13H11N5O/c1-8-2-4-10(17-16-8)9-3-5-12-15-11(13(14)19)7-18(12)6-9/h2-7H,1H3,(H2,14,19). The second-order valence-corrected chi connectivity index (χ2v) is 4.23. The summed E-state index contributed by atoms with van der Waals surface area (Å²) in [7, 11) is 0. The van der Waals surface area contributed by atoms with E-state index in [1.807, 2.05) is 37.4 Å². The molecule has 3 aromatic rings. The molecule has 1 amide bonds. The lowest BCUT2D eigenvalue weighted by molar-refractivity contribution is 0.0996. The van der Waals surface area contributed by atoms with Gasteiger partial charge in [0, 0.05) is 18.0 Å². The second-order valence-electron chi connectivity index (χ2n) is 4.23. The van der Waals surface area contributed by atoms with E-state index in [1.165, 1.54) is 0 Å². The Hall–Kier alpha value is -2.76. The number of nitrogens with two attached hydrogens (primary N) is 1. The van der Waals surface area contributed by atoms with Gasteiger partial charge in [0.05, 0.1) is 11.4 Å². The van der Waals surface area contributed by atoms with Crippen molar-refractivity contribution in [1.82, 2.24) is 19.6 Å². The first-order chi connectivity index (χ1) is 9.13. The molecule has 3 heterocycles. The summed E-state index contributed by atoms with van der Waals surface area (Å²) >= 11 is 0. The van der Waals surface area contributed by atoms with E-state index < -0.39 is 5.91 Å². The number of rotatable bonds is 2. The molecule has 0 radical (unpaired) electrons. The third-order valence-corrected chi connectivity index (χ3v) is 2.80. The summed E-state index contributed by atoms with van der Waals surface area (Å²) in [4.78, 5) is 15.2. The van der Waals surface area contributed by atoms with Gasteiger partial charge in [-0.3, -0.25) is 4.79 Å². The highest BCUT2D eigenvalue weighted by molar-refractivity contribution is 5.91. The van der Waals surface area contributed by atoms with E-state index >= 15 is 0 Å². The lowest BCUT2D eigenvalue weighted by atomic mass is 10.2. The first-order valence-corrected chi connectivity index (χ1v) is 5.73. The first-order valence-electron chi connectivity index (χ1n) is 5.73. The van der Waals surface area contributed by atoms with E-state index in [0.717, 1.165) is 17.0 Å². The third-order valence-electron chi connectivity index (χ3n) is 2.80. The zero-order valence-electron chi connectivity index (χ0n) is 10.2. The van der Waals surface area contributed by atoms with Gasteiger partial charge in [0.25, 0.3) is 5.91 Å². The molecule has 0 bridgehead atoms. The molecule has 0 aliphatic carbocycles. The van der Waals surface area contributed by atoms with Crippen molar-refractivity contribution in [3.63, 3.8) is 0 Å². The number of carbonyl (C=O) groups excluding carboxylic acids is 1. The summed E-state index contributed by atoms with van der Waals surface area (Å²) < 4.78 is 1.75. The monoisotopic (exact) mass is 253 g/mol. The molecule has 0 aliphatic heterocycles. The van der Waals surface area contributed by atoms with Crippen LogP contribution in [0.15, 0.2) is 36.7 Å². The molecular weight excluding hydrogens is 242 g/mol. The number of pyridine rings is 1. The van der Waals surface area contributed by atoms with E-state index in [-0.39, 0.29) is 5.69 Å². The fourth-order valence-corrected chi connectivity index (χ4v) is 1.81. The zero-order chi connectivity index (χ0) is 13.4. The number of fused-ring (bicyclic) bond motifs is 1. The molecule has 6 nitrogen and oxygen atoms in total. The van der Waals surface area contributed by atoms with Gasteiger partial charge in [-0.2, -0.15) is 10.2 Å². The molecule has 0 aromatic carbocycles. The second kappa shape index (κ2) is 4.16. The van der Waals surface area contributed by atoms with Crippen LogP contribution in [0.5, 0.6) is 0 Å². The maximum atomic E-state index is 11.1. The van der Waals surface area contributed by atoms with Gasteiger partial charge in [0.1, 0.15) is 11.3 Å². The molecule has 0 saturated carbocycles. The molecule has 0 aliphatic rings. The highest BCUT2D eigenvalue weighted by Gasteiger charge is 2.08. The van der Waals surface area contributed by atoms with Crippen LogP contribution in [0.3, 0.4) is 0 Å². The van der Waals surface area contributed by atoms with Crippen LogP contribution in [0.4, 0.5) is 0 Å². The van der Waals surface area contributed by atoms with Crippen molar-refractivity contribution >= 4 is 11.6 Å². The van der Waals surface area contributed by atoms with Gasteiger partial charge in [-0.1, -0.05) is 0 Å². The van der Waals surface area contributed by atoms with Crippen LogP contribution in [-0.4, -0.2) is 25.5 Å². The average molecular weight is 253 g/mol. The molecule has 0 fully saturated rings. The Morgan fingerprint density at radius 2 is 2.00 bits per heavy atom. The number of amides is 1. The van der Waals surface area contributed by atoms with Crippen LogP contribution >= 0.6 is 0 Å². The molecule has 6 heteroatoms. The topological polar surface area (TPSA) is 86.2 Å². The Balaban J connectivity index is 2.10. The normalized spacial score (nSPS) is 10.8. The maximum Gasteiger partial charge on any atom is 0.268 e. The van der Waals surface area contributed by atoms with Crippen molar-refractivity contribution in [2.45, 2.75) is 6.92 Å². The minimum absolute atomic E-state index is 0.243. The van der Waals surface area contributed by atoms with Gasteiger partial charge < -0.3 is 10.1 Å². The van der Waals surface area contributed by atoms with Crippen molar-refractivity contribution in [2.24, 2.45) is 5.73 Å². The molecule has 94 valence electrons. The lowest BCUT2D eigenvalue weighted by Crippen LogP contribution is -2.10. The van der Waals surface area contributed by atoms with Crippen molar-refractivity contribution in [3.8, 4) is 11.3 Å². The van der Waals surface area contributed by atoms with Gasteiger partial charge in [0.15, 0.2) is 0 Å². The van der Waals surface area contributed by atoms with E-state index in [9.17, 15) is 4.79 Å². The number of hydrogen-bond donors (Lipinski definition) is 1. The van der Waals surface area contributed by atoms with Crippen molar-refractivity contribution in [2.75, 3.05) is 0 Å². The Morgan fingerprint density at radius 1 is 1.16 bits per heavy atom.